The van der Waals surface area contributed by atoms with Gasteiger partial charge in [0.25, 0.3) is 0 Å². The van der Waals surface area contributed by atoms with Crippen LogP contribution in [0.3, 0.4) is 0 Å². The first-order valence-corrected chi connectivity index (χ1v) is 9.21. The van der Waals surface area contributed by atoms with E-state index >= 15 is 0 Å². The maximum absolute atomic E-state index is 12.8. The molecule has 2 aromatic carbocycles. The van der Waals surface area contributed by atoms with E-state index < -0.39 is 16.0 Å². The third kappa shape index (κ3) is 4.42. The summed E-state index contributed by atoms with van der Waals surface area (Å²) in [7, 11) is -4.67. The van der Waals surface area contributed by atoms with Gasteiger partial charge in [-0.25, -0.2) is 8.42 Å². The summed E-state index contributed by atoms with van der Waals surface area (Å²) in [6.07, 6.45) is 0.0935. The Morgan fingerprint density at radius 3 is 2.27 bits per heavy atom. The molecule has 0 spiro atoms. The van der Waals surface area contributed by atoms with E-state index in [2.05, 4.69) is 0 Å². The van der Waals surface area contributed by atoms with Crippen LogP contribution in [0.5, 0.6) is 0 Å². The van der Waals surface area contributed by atoms with Crippen molar-refractivity contribution >= 4 is 27.5 Å². The molecule has 130 valence electrons. The fourth-order valence-electron chi connectivity index (χ4n) is 3.03. The van der Waals surface area contributed by atoms with Gasteiger partial charge >= 0.3 is 29.6 Å². The minimum absolute atomic E-state index is 0. The number of carbonyl (C=O) groups is 2. The van der Waals surface area contributed by atoms with Crippen LogP contribution in [-0.2, 0) is 26.1 Å². The SMILES string of the molecule is O=C1CCN(c2ccccc2)C(=O)C1Cc1ccccc1S(=O)(=O)[O-].[Na+]. The van der Waals surface area contributed by atoms with Gasteiger partial charge in [0, 0.05) is 18.7 Å². The Labute approximate surface area is 174 Å². The van der Waals surface area contributed by atoms with Gasteiger partial charge in [-0.2, -0.15) is 0 Å². The van der Waals surface area contributed by atoms with E-state index in [9.17, 15) is 22.6 Å². The van der Waals surface area contributed by atoms with Crippen LogP contribution in [-0.4, -0.2) is 31.2 Å². The predicted octanol–water partition coefficient (Wildman–Crippen LogP) is -1.24. The summed E-state index contributed by atoms with van der Waals surface area (Å²) in [6.45, 7) is 0.291. The summed E-state index contributed by atoms with van der Waals surface area (Å²) in [6, 6.07) is 14.7. The monoisotopic (exact) mass is 381 g/mol. The number of nitrogens with zero attached hydrogens (tertiary/aromatic N) is 1. The molecule has 1 aliphatic heterocycles. The van der Waals surface area contributed by atoms with E-state index in [1.165, 1.54) is 23.1 Å². The van der Waals surface area contributed by atoms with Crippen molar-refractivity contribution in [1.29, 1.82) is 0 Å². The second-order valence-electron chi connectivity index (χ2n) is 5.86. The average Bonchev–Trinajstić information content (AvgIpc) is 2.59. The van der Waals surface area contributed by atoms with E-state index in [1.807, 2.05) is 6.07 Å². The number of Topliss-reactive ketones (excluding diaryl/α,β-unsaturated/α-hetero) is 1. The average molecular weight is 381 g/mol. The molecule has 0 aromatic heterocycles. The Kier molecular flexibility index (Phi) is 6.76. The number of hydrogen-bond donors (Lipinski definition) is 0. The number of amides is 1. The van der Waals surface area contributed by atoms with Crippen LogP contribution >= 0.6 is 0 Å². The van der Waals surface area contributed by atoms with Gasteiger partial charge in [-0.1, -0.05) is 36.4 Å². The predicted molar refractivity (Wildman–Crippen MR) is 90.0 cm³/mol. The molecule has 3 rings (SSSR count). The van der Waals surface area contributed by atoms with Crippen LogP contribution in [0.15, 0.2) is 59.5 Å². The second-order valence-corrected chi connectivity index (χ2v) is 7.21. The summed E-state index contributed by atoms with van der Waals surface area (Å²) in [5.41, 5.74) is 0.883. The van der Waals surface area contributed by atoms with Crippen molar-refractivity contribution in [3.05, 3.63) is 60.2 Å². The summed E-state index contributed by atoms with van der Waals surface area (Å²) < 4.78 is 34.2. The van der Waals surface area contributed by atoms with E-state index in [1.54, 1.807) is 30.3 Å². The number of carbonyl (C=O) groups excluding carboxylic acids is 2. The number of para-hydroxylation sites is 1. The number of rotatable bonds is 4. The molecule has 1 fully saturated rings. The Balaban J connectivity index is 0.00000243. The van der Waals surface area contributed by atoms with Crippen molar-refractivity contribution in [2.24, 2.45) is 5.92 Å². The maximum atomic E-state index is 12.8. The smallest absolute Gasteiger partial charge is 0.744 e. The molecule has 6 nitrogen and oxygen atoms in total. The number of ketones is 1. The normalized spacial score (nSPS) is 17.7. The van der Waals surface area contributed by atoms with Crippen molar-refractivity contribution in [1.82, 2.24) is 0 Å². The van der Waals surface area contributed by atoms with Crippen molar-refractivity contribution in [3.8, 4) is 0 Å². The molecule has 0 bridgehead atoms. The van der Waals surface area contributed by atoms with Gasteiger partial charge < -0.3 is 9.45 Å². The number of anilines is 1. The molecule has 1 atom stereocenters. The fraction of sp³-hybridized carbons (Fsp3) is 0.222. The number of hydrogen-bond acceptors (Lipinski definition) is 5. The van der Waals surface area contributed by atoms with Gasteiger partial charge in [0.05, 0.1) is 4.90 Å². The van der Waals surface area contributed by atoms with E-state index in [-0.39, 0.29) is 64.5 Å². The molecule has 8 heteroatoms. The second kappa shape index (κ2) is 8.45. The molecule has 1 unspecified atom stereocenters. The van der Waals surface area contributed by atoms with Crippen molar-refractivity contribution in [2.75, 3.05) is 11.4 Å². The molecule has 2 aromatic rings. The molecule has 0 saturated carbocycles. The van der Waals surface area contributed by atoms with Crippen LogP contribution in [0.4, 0.5) is 5.69 Å². The summed E-state index contributed by atoms with van der Waals surface area (Å²) >= 11 is 0. The van der Waals surface area contributed by atoms with Gasteiger partial charge in [-0.3, -0.25) is 9.59 Å². The standard InChI is InChI=1S/C18H17NO5S.Na/c20-16-10-11-19(14-7-2-1-3-8-14)18(21)15(16)12-13-6-4-5-9-17(13)25(22,23)24;/h1-9,15H,10-12H2,(H,22,23,24);/q;+1/p-1. The summed E-state index contributed by atoms with van der Waals surface area (Å²) in [4.78, 5) is 26.2. The topological polar surface area (TPSA) is 94.6 Å². The van der Waals surface area contributed by atoms with Gasteiger partial charge in [0.1, 0.15) is 21.8 Å². The van der Waals surface area contributed by atoms with Crippen molar-refractivity contribution in [3.63, 3.8) is 0 Å². The zero-order chi connectivity index (χ0) is 18.0. The van der Waals surface area contributed by atoms with E-state index in [4.69, 9.17) is 0 Å². The van der Waals surface area contributed by atoms with Crippen LogP contribution in [0.25, 0.3) is 0 Å². The van der Waals surface area contributed by atoms with Gasteiger partial charge in [0.15, 0.2) is 0 Å². The van der Waals surface area contributed by atoms with Crippen molar-refractivity contribution < 1.29 is 52.1 Å². The first kappa shape index (κ1) is 20.8. The largest absolute Gasteiger partial charge is 1.00 e. The third-order valence-electron chi connectivity index (χ3n) is 4.27. The van der Waals surface area contributed by atoms with E-state index in [0.29, 0.717) is 12.2 Å². The summed E-state index contributed by atoms with van der Waals surface area (Å²) in [5.74, 6) is -1.60. The molecule has 1 aliphatic rings. The fourth-order valence-corrected chi connectivity index (χ4v) is 3.75. The van der Waals surface area contributed by atoms with Crippen LogP contribution in [0.1, 0.15) is 12.0 Å². The van der Waals surface area contributed by atoms with Gasteiger partial charge in [-0.15, -0.1) is 0 Å². The molecule has 0 radical (unpaired) electrons. The van der Waals surface area contributed by atoms with Crippen LogP contribution in [0.2, 0.25) is 0 Å². The first-order chi connectivity index (χ1) is 11.9. The molecule has 0 aliphatic carbocycles. The molecule has 1 amide bonds. The quantitative estimate of drug-likeness (QED) is 0.375. The number of benzene rings is 2. The molecule has 1 saturated heterocycles. The van der Waals surface area contributed by atoms with E-state index in [0.717, 1.165) is 0 Å². The van der Waals surface area contributed by atoms with Crippen molar-refractivity contribution in [2.45, 2.75) is 17.7 Å². The Hall–Kier alpha value is -1.51. The zero-order valence-electron chi connectivity index (χ0n) is 14.3. The van der Waals surface area contributed by atoms with Gasteiger partial charge in [0.2, 0.25) is 5.91 Å². The van der Waals surface area contributed by atoms with Crippen LogP contribution < -0.4 is 34.5 Å². The zero-order valence-corrected chi connectivity index (χ0v) is 17.1. The molecule has 26 heavy (non-hydrogen) atoms. The molecular weight excluding hydrogens is 365 g/mol. The molecule has 1 heterocycles. The minimum Gasteiger partial charge on any atom is -0.744 e. The first-order valence-electron chi connectivity index (χ1n) is 7.81. The number of piperidine rings is 1. The van der Waals surface area contributed by atoms with Gasteiger partial charge in [-0.05, 0) is 30.2 Å². The summed E-state index contributed by atoms with van der Waals surface area (Å²) in [5, 5.41) is 0. The Morgan fingerprint density at radius 1 is 1.00 bits per heavy atom. The third-order valence-corrected chi connectivity index (χ3v) is 5.21. The molecular formula is C18H16NNaO5S. The Morgan fingerprint density at radius 2 is 1.62 bits per heavy atom. The minimum atomic E-state index is -4.67. The Bertz CT molecular complexity index is 914. The molecule has 0 N–H and O–H groups in total. The maximum Gasteiger partial charge on any atom is 1.00 e. The van der Waals surface area contributed by atoms with Crippen LogP contribution in [0, 0.1) is 5.92 Å².